The molecule has 0 spiro atoms. The van der Waals surface area contributed by atoms with Crippen molar-refractivity contribution in [2.75, 3.05) is 6.54 Å². The number of phenols is 1. The van der Waals surface area contributed by atoms with E-state index in [-0.39, 0.29) is 17.2 Å². The third-order valence-corrected chi connectivity index (χ3v) is 2.89. The molecule has 0 aromatic heterocycles. The Bertz CT molecular complexity index is 503. The van der Waals surface area contributed by atoms with Gasteiger partial charge in [-0.05, 0) is 13.3 Å². The third kappa shape index (κ3) is 2.08. The first kappa shape index (κ1) is 12.5. The van der Waals surface area contributed by atoms with Crippen LogP contribution in [0.25, 0.3) is 5.70 Å². The van der Waals surface area contributed by atoms with Gasteiger partial charge in [-0.2, -0.15) is 0 Å². The monoisotopic (exact) mass is 253 g/mol. The Morgan fingerprint density at radius 1 is 1.33 bits per heavy atom. The van der Waals surface area contributed by atoms with Crippen LogP contribution < -0.4 is 0 Å². The Morgan fingerprint density at radius 3 is 2.50 bits per heavy atom. The van der Waals surface area contributed by atoms with Crippen LogP contribution in [0.15, 0.2) is 18.2 Å². The first-order chi connectivity index (χ1) is 8.54. The van der Waals surface area contributed by atoms with Crippen molar-refractivity contribution < 1.29 is 18.7 Å². The summed E-state index contributed by atoms with van der Waals surface area (Å²) < 4.78 is 27.5. The summed E-state index contributed by atoms with van der Waals surface area (Å²) in [4.78, 5) is 13.0. The second kappa shape index (κ2) is 4.76. The highest BCUT2D eigenvalue weighted by Crippen LogP contribution is 2.31. The molecule has 1 heterocycles. The molecule has 1 amide bonds. The Morgan fingerprint density at radius 2 is 1.94 bits per heavy atom. The fourth-order valence-corrected chi connectivity index (χ4v) is 2.10. The number of carbonyl (C=O) groups is 1. The van der Waals surface area contributed by atoms with Crippen molar-refractivity contribution in [2.24, 2.45) is 0 Å². The Labute approximate surface area is 103 Å². The minimum Gasteiger partial charge on any atom is -0.508 e. The van der Waals surface area contributed by atoms with Gasteiger partial charge in [0.15, 0.2) is 0 Å². The van der Waals surface area contributed by atoms with Crippen LogP contribution in [0.2, 0.25) is 0 Å². The van der Waals surface area contributed by atoms with Crippen molar-refractivity contribution in [1.29, 1.82) is 0 Å². The number of halogens is 2. The van der Waals surface area contributed by atoms with E-state index >= 15 is 0 Å². The first-order valence-corrected chi connectivity index (χ1v) is 5.73. The van der Waals surface area contributed by atoms with E-state index < -0.39 is 17.4 Å². The average Bonchev–Trinajstić information content (AvgIpc) is 2.27. The highest BCUT2D eigenvalue weighted by molar-refractivity contribution is 5.89. The van der Waals surface area contributed by atoms with E-state index in [1.165, 1.54) is 4.90 Å². The smallest absolute Gasteiger partial charge is 0.227 e. The second-order valence-corrected chi connectivity index (χ2v) is 4.05. The van der Waals surface area contributed by atoms with Gasteiger partial charge in [-0.1, -0.05) is 6.08 Å². The van der Waals surface area contributed by atoms with E-state index in [9.17, 15) is 13.6 Å². The first-order valence-electron chi connectivity index (χ1n) is 5.73. The molecule has 0 saturated carbocycles. The molecule has 18 heavy (non-hydrogen) atoms. The van der Waals surface area contributed by atoms with Crippen LogP contribution in [-0.2, 0) is 4.79 Å². The highest BCUT2D eigenvalue weighted by atomic mass is 19.1. The van der Waals surface area contributed by atoms with Gasteiger partial charge in [0.1, 0.15) is 17.4 Å². The molecule has 0 radical (unpaired) electrons. The zero-order chi connectivity index (χ0) is 13.3. The van der Waals surface area contributed by atoms with E-state index in [4.69, 9.17) is 5.11 Å². The molecule has 0 aliphatic carbocycles. The number of allylic oxidation sites excluding steroid dienone is 1. The summed E-state index contributed by atoms with van der Waals surface area (Å²) in [6.07, 6.45) is 2.45. The molecule has 2 rings (SSSR count). The van der Waals surface area contributed by atoms with Crippen LogP contribution in [0.4, 0.5) is 8.78 Å². The molecule has 1 aromatic rings. The molecule has 1 N–H and O–H groups in total. The average molecular weight is 253 g/mol. The molecule has 0 bridgehead atoms. The third-order valence-electron chi connectivity index (χ3n) is 2.89. The topological polar surface area (TPSA) is 40.5 Å². The summed E-state index contributed by atoms with van der Waals surface area (Å²) in [5.74, 6) is -2.36. The van der Waals surface area contributed by atoms with Crippen molar-refractivity contribution in [2.45, 2.75) is 19.8 Å². The molecular formula is C13H13F2NO2. The second-order valence-electron chi connectivity index (χ2n) is 4.05. The number of phenolic OH excluding ortho intramolecular Hbond substituents is 1. The van der Waals surface area contributed by atoms with Gasteiger partial charge in [0.05, 0.1) is 11.3 Å². The van der Waals surface area contributed by atoms with Gasteiger partial charge >= 0.3 is 0 Å². The number of aromatic hydroxyl groups is 1. The van der Waals surface area contributed by atoms with Crippen molar-refractivity contribution >= 4 is 11.6 Å². The zero-order valence-corrected chi connectivity index (χ0v) is 9.91. The Balaban J connectivity index is 2.54. The van der Waals surface area contributed by atoms with E-state index in [0.29, 0.717) is 19.4 Å². The van der Waals surface area contributed by atoms with E-state index in [0.717, 1.165) is 12.1 Å². The van der Waals surface area contributed by atoms with Crippen LogP contribution in [-0.4, -0.2) is 22.5 Å². The summed E-state index contributed by atoms with van der Waals surface area (Å²) in [6, 6.07) is 1.68. The fourth-order valence-electron chi connectivity index (χ4n) is 2.10. The Kier molecular flexibility index (Phi) is 3.32. The minimum atomic E-state index is -0.869. The SMILES string of the molecule is CCN1C(=O)CCC=C1c1c(F)cc(O)cc1F. The number of hydrogen-bond acceptors (Lipinski definition) is 2. The number of hydrogen-bond donors (Lipinski definition) is 1. The van der Waals surface area contributed by atoms with Crippen LogP contribution in [0, 0.1) is 11.6 Å². The van der Waals surface area contributed by atoms with Crippen LogP contribution in [0.3, 0.4) is 0 Å². The van der Waals surface area contributed by atoms with Crippen molar-refractivity contribution in [3.63, 3.8) is 0 Å². The quantitative estimate of drug-likeness (QED) is 0.880. The largest absolute Gasteiger partial charge is 0.508 e. The number of nitrogens with zero attached hydrogens (tertiary/aromatic N) is 1. The maximum absolute atomic E-state index is 13.8. The summed E-state index contributed by atoms with van der Waals surface area (Å²) >= 11 is 0. The minimum absolute atomic E-state index is 0.151. The highest BCUT2D eigenvalue weighted by Gasteiger charge is 2.26. The number of amides is 1. The van der Waals surface area contributed by atoms with Gasteiger partial charge in [-0.3, -0.25) is 4.79 Å². The number of benzene rings is 1. The molecule has 0 unspecified atom stereocenters. The van der Waals surface area contributed by atoms with Gasteiger partial charge in [0.25, 0.3) is 0 Å². The lowest BCUT2D eigenvalue weighted by atomic mass is 10.0. The van der Waals surface area contributed by atoms with E-state index in [1.807, 2.05) is 0 Å². The van der Waals surface area contributed by atoms with Crippen molar-refractivity contribution in [3.05, 3.63) is 35.4 Å². The lowest BCUT2D eigenvalue weighted by molar-refractivity contribution is -0.128. The number of carbonyl (C=O) groups excluding carboxylic acids is 1. The summed E-state index contributed by atoms with van der Waals surface area (Å²) in [5, 5.41) is 9.11. The lowest BCUT2D eigenvalue weighted by Gasteiger charge is -2.28. The van der Waals surface area contributed by atoms with Gasteiger partial charge in [0.2, 0.25) is 5.91 Å². The zero-order valence-electron chi connectivity index (χ0n) is 9.91. The lowest BCUT2D eigenvalue weighted by Crippen LogP contribution is -2.32. The van der Waals surface area contributed by atoms with Gasteiger partial charge < -0.3 is 10.0 Å². The summed E-state index contributed by atoms with van der Waals surface area (Å²) in [6.45, 7) is 2.09. The maximum Gasteiger partial charge on any atom is 0.227 e. The van der Waals surface area contributed by atoms with Gasteiger partial charge in [-0.25, -0.2) is 8.78 Å². The molecular weight excluding hydrogens is 240 g/mol. The molecule has 0 atom stereocenters. The molecule has 0 fully saturated rings. The predicted molar refractivity (Wildman–Crippen MR) is 62.6 cm³/mol. The molecule has 1 aromatic carbocycles. The summed E-state index contributed by atoms with van der Waals surface area (Å²) in [7, 11) is 0. The van der Waals surface area contributed by atoms with Gasteiger partial charge in [0, 0.05) is 25.1 Å². The van der Waals surface area contributed by atoms with E-state index in [2.05, 4.69) is 0 Å². The molecule has 1 aliphatic rings. The van der Waals surface area contributed by atoms with Gasteiger partial charge in [-0.15, -0.1) is 0 Å². The molecule has 1 aliphatic heterocycles. The molecule has 5 heteroatoms. The van der Waals surface area contributed by atoms with Crippen molar-refractivity contribution in [3.8, 4) is 5.75 Å². The standard InChI is InChI=1S/C13H13F2NO2/c1-2-16-11(4-3-5-12(16)18)13-9(14)6-8(17)7-10(13)15/h4,6-7,17H,2-3,5H2,1H3. The normalized spacial score (nSPS) is 15.8. The van der Waals surface area contributed by atoms with Crippen molar-refractivity contribution in [1.82, 2.24) is 4.90 Å². The van der Waals surface area contributed by atoms with Crippen LogP contribution in [0.5, 0.6) is 5.75 Å². The molecule has 3 nitrogen and oxygen atoms in total. The number of rotatable bonds is 2. The molecule has 96 valence electrons. The predicted octanol–water partition coefficient (Wildman–Crippen LogP) is 2.65. The fraction of sp³-hybridized carbons (Fsp3) is 0.308. The maximum atomic E-state index is 13.8. The molecule has 0 saturated heterocycles. The van der Waals surface area contributed by atoms with Crippen LogP contribution in [0.1, 0.15) is 25.3 Å². The van der Waals surface area contributed by atoms with Crippen LogP contribution >= 0.6 is 0 Å². The Hall–Kier alpha value is -1.91. The van der Waals surface area contributed by atoms with E-state index in [1.54, 1.807) is 13.0 Å². The summed E-state index contributed by atoms with van der Waals surface area (Å²) in [5.41, 5.74) is -0.0218.